The predicted octanol–water partition coefficient (Wildman–Crippen LogP) is 5.14. The van der Waals surface area contributed by atoms with E-state index in [1.54, 1.807) is 11.5 Å². The smallest absolute Gasteiger partial charge is 0.186 e. The van der Waals surface area contributed by atoms with Crippen molar-refractivity contribution in [3.05, 3.63) is 76.2 Å². The van der Waals surface area contributed by atoms with E-state index in [0.29, 0.717) is 10.6 Å². The second-order valence-corrected chi connectivity index (χ2v) is 5.52. The van der Waals surface area contributed by atoms with Crippen molar-refractivity contribution in [1.29, 1.82) is 0 Å². The summed E-state index contributed by atoms with van der Waals surface area (Å²) in [6.45, 7) is 2.00. The van der Waals surface area contributed by atoms with E-state index in [1.165, 1.54) is 11.8 Å². The van der Waals surface area contributed by atoms with Crippen LogP contribution >= 0.6 is 23.4 Å². The van der Waals surface area contributed by atoms with Gasteiger partial charge in [-0.05, 0) is 42.7 Å². The molecular formula is C16H13ClOS. The Labute approximate surface area is 122 Å². The molecule has 2 aromatic rings. The molecule has 0 amide bonds. The van der Waals surface area contributed by atoms with E-state index in [1.807, 2.05) is 55.5 Å². The summed E-state index contributed by atoms with van der Waals surface area (Å²) in [7, 11) is 0. The lowest BCUT2D eigenvalue weighted by molar-refractivity contribution is 0.104. The summed E-state index contributed by atoms with van der Waals surface area (Å²) < 4.78 is 0. The monoisotopic (exact) mass is 288 g/mol. The molecule has 1 nitrogen and oxygen atoms in total. The number of allylic oxidation sites excluding steroid dienone is 1. The van der Waals surface area contributed by atoms with Crippen molar-refractivity contribution in [2.75, 3.05) is 0 Å². The summed E-state index contributed by atoms with van der Waals surface area (Å²) in [5, 5.41) is 2.51. The van der Waals surface area contributed by atoms with Gasteiger partial charge < -0.3 is 0 Å². The second-order valence-electron chi connectivity index (χ2n) is 4.10. The molecule has 0 atom stereocenters. The third-order valence-electron chi connectivity index (χ3n) is 2.57. The summed E-state index contributed by atoms with van der Waals surface area (Å²) in [4.78, 5) is 12.9. The van der Waals surface area contributed by atoms with Crippen LogP contribution in [0.4, 0.5) is 0 Å². The summed E-state index contributed by atoms with van der Waals surface area (Å²) in [5.41, 5.74) is 1.86. The molecule has 2 rings (SSSR count). The lowest BCUT2D eigenvalue weighted by atomic mass is 10.1. The zero-order valence-corrected chi connectivity index (χ0v) is 12.0. The molecule has 0 aliphatic heterocycles. The molecule has 0 aliphatic rings. The van der Waals surface area contributed by atoms with Crippen LogP contribution in [0.25, 0.3) is 0 Å². The molecule has 3 heteroatoms. The summed E-state index contributed by atoms with van der Waals surface area (Å²) in [5.74, 6) is 0.0152. The van der Waals surface area contributed by atoms with Gasteiger partial charge in [-0.15, -0.1) is 0 Å². The normalized spacial score (nSPS) is 10.8. The van der Waals surface area contributed by atoms with Gasteiger partial charge in [-0.2, -0.15) is 0 Å². The van der Waals surface area contributed by atoms with Crippen LogP contribution in [0.1, 0.15) is 15.9 Å². The molecule has 19 heavy (non-hydrogen) atoms. The molecule has 0 aromatic heterocycles. The van der Waals surface area contributed by atoms with E-state index >= 15 is 0 Å². The van der Waals surface area contributed by atoms with Gasteiger partial charge >= 0.3 is 0 Å². The fourth-order valence-corrected chi connectivity index (χ4v) is 2.27. The maximum absolute atomic E-state index is 11.9. The fraction of sp³-hybridized carbons (Fsp3) is 0.0625. The van der Waals surface area contributed by atoms with Gasteiger partial charge in [-0.3, -0.25) is 4.79 Å². The lowest BCUT2D eigenvalue weighted by Crippen LogP contribution is -1.93. The number of ketones is 1. The Morgan fingerprint density at radius 1 is 1.05 bits per heavy atom. The Bertz CT molecular complexity index is 585. The molecule has 0 N–H and O–H groups in total. The first kappa shape index (κ1) is 13.9. The molecule has 0 saturated heterocycles. The molecule has 0 aliphatic carbocycles. The van der Waals surface area contributed by atoms with Gasteiger partial charge in [0.05, 0.1) is 0 Å². The highest BCUT2D eigenvalue weighted by molar-refractivity contribution is 8.02. The minimum atomic E-state index is 0.0152. The second kappa shape index (κ2) is 6.60. The molecule has 0 spiro atoms. The number of carbonyl (C=O) groups excluding carboxylic acids is 1. The van der Waals surface area contributed by atoms with Crippen molar-refractivity contribution in [3.8, 4) is 0 Å². The molecule has 0 heterocycles. The molecule has 0 saturated carbocycles. The third-order valence-corrected chi connectivity index (χ3v) is 3.64. The quantitative estimate of drug-likeness (QED) is 0.440. The first-order valence-electron chi connectivity index (χ1n) is 5.85. The topological polar surface area (TPSA) is 17.1 Å². The summed E-state index contributed by atoms with van der Waals surface area (Å²) >= 11 is 7.30. The third kappa shape index (κ3) is 4.27. The number of hydrogen-bond acceptors (Lipinski definition) is 2. The Hall–Kier alpha value is -1.51. The van der Waals surface area contributed by atoms with Gasteiger partial charge in [0.25, 0.3) is 0 Å². The van der Waals surface area contributed by atoms with E-state index in [2.05, 4.69) is 0 Å². The Morgan fingerprint density at radius 3 is 2.32 bits per heavy atom. The van der Waals surface area contributed by atoms with E-state index < -0.39 is 0 Å². The van der Waals surface area contributed by atoms with Crippen LogP contribution < -0.4 is 0 Å². The van der Waals surface area contributed by atoms with E-state index in [-0.39, 0.29) is 5.78 Å². The van der Waals surface area contributed by atoms with Crippen LogP contribution in [0.2, 0.25) is 5.02 Å². The standard InChI is InChI=1S/C16H13ClOS/c1-12-2-4-13(5-3-12)16(18)10-11-19-15-8-6-14(17)7-9-15/h2-11H,1H3. The SMILES string of the molecule is Cc1ccc(C(=O)C=CSc2ccc(Cl)cc2)cc1. The number of hydrogen-bond donors (Lipinski definition) is 0. The van der Waals surface area contributed by atoms with E-state index in [4.69, 9.17) is 11.6 Å². The first-order valence-corrected chi connectivity index (χ1v) is 7.11. The van der Waals surface area contributed by atoms with Gasteiger partial charge in [0.1, 0.15) is 0 Å². The highest BCUT2D eigenvalue weighted by Crippen LogP contribution is 2.21. The maximum Gasteiger partial charge on any atom is 0.186 e. The average Bonchev–Trinajstić information content (AvgIpc) is 2.41. The highest BCUT2D eigenvalue weighted by atomic mass is 35.5. The molecule has 0 fully saturated rings. The van der Waals surface area contributed by atoms with Crippen LogP contribution in [-0.4, -0.2) is 5.78 Å². The van der Waals surface area contributed by atoms with Crippen molar-refractivity contribution in [2.24, 2.45) is 0 Å². The van der Waals surface area contributed by atoms with Gasteiger partial charge in [-0.1, -0.05) is 53.2 Å². The lowest BCUT2D eigenvalue weighted by Gasteiger charge is -1.97. The van der Waals surface area contributed by atoms with Crippen LogP contribution in [0, 0.1) is 6.92 Å². The van der Waals surface area contributed by atoms with E-state index in [0.717, 1.165) is 10.5 Å². The molecular weight excluding hydrogens is 276 g/mol. The average molecular weight is 289 g/mol. The first-order chi connectivity index (χ1) is 9.15. The number of rotatable bonds is 4. The Balaban J connectivity index is 1.97. The number of halogens is 1. The van der Waals surface area contributed by atoms with Crippen molar-refractivity contribution < 1.29 is 4.79 Å². The zero-order valence-electron chi connectivity index (χ0n) is 10.5. The van der Waals surface area contributed by atoms with Crippen LogP contribution in [0.3, 0.4) is 0 Å². The number of benzene rings is 2. The van der Waals surface area contributed by atoms with Gasteiger partial charge in [0, 0.05) is 15.5 Å². The van der Waals surface area contributed by atoms with Crippen molar-refractivity contribution in [1.82, 2.24) is 0 Å². The van der Waals surface area contributed by atoms with Crippen LogP contribution in [0.5, 0.6) is 0 Å². The number of carbonyl (C=O) groups is 1. The highest BCUT2D eigenvalue weighted by Gasteiger charge is 2.00. The van der Waals surface area contributed by atoms with Gasteiger partial charge in [0.2, 0.25) is 0 Å². The Kier molecular flexibility index (Phi) is 4.83. The van der Waals surface area contributed by atoms with Crippen LogP contribution in [-0.2, 0) is 0 Å². The van der Waals surface area contributed by atoms with Crippen LogP contribution in [0.15, 0.2) is 64.9 Å². The minimum Gasteiger partial charge on any atom is -0.289 e. The van der Waals surface area contributed by atoms with E-state index in [9.17, 15) is 4.79 Å². The molecule has 2 aromatic carbocycles. The zero-order chi connectivity index (χ0) is 13.7. The number of thioether (sulfide) groups is 1. The molecule has 96 valence electrons. The summed E-state index contributed by atoms with van der Waals surface area (Å²) in [6.07, 6.45) is 1.59. The molecule has 0 bridgehead atoms. The summed E-state index contributed by atoms with van der Waals surface area (Å²) in [6, 6.07) is 15.1. The Morgan fingerprint density at radius 2 is 1.68 bits per heavy atom. The molecule has 0 radical (unpaired) electrons. The minimum absolute atomic E-state index is 0.0152. The van der Waals surface area contributed by atoms with Crippen molar-refractivity contribution in [2.45, 2.75) is 11.8 Å². The molecule has 0 unspecified atom stereocenters. The predicted molar refractivity (Wildman–Crippen MR) is 82.0 cm³/mol. The maximum atomic E-state index is 11.9. The number of aryl methyl sites for hydroxylation is 1. The van der Waals surface area contributed by atoms with Crippen molar-refractivity contribution in [3.63, 3.8) is 0 Å². The van der Waals surface area contributed by atoms with Crippen molar-refractivity contribution >= 4 is 29.1 Å². The van der Waals surface area contributed by atoms with Gasteiger partial charge in [0.15, 0.2) is 5.78 Å². The largest absolute Gasteiger partial charge is 0.289 e. The van der Waals surface area contributed by atoms with Gasteiger partial charge in [-0.25, -0.2) is 0 Å². The fourth-order valence-electron chi connectivity index (χ4n) is 1.50.